The maximum Gasteiger partial charge on any atom is 0.141 e. The molecule has 0 aliphatic heterocycles. The number of aromatic nitrogens is 2. The van der Waals surface area contributed by atoms with Crippen LogP contribution < -0.4 is 11.1 Å². The van der Waals surface area contributed by atoms with E-state index in [9.17, 15) is 0 Å². The normalized spacial score (nSPS) is 11.0. The lowest BCUT2D eigenvalue weighted by atomic mass is 10.2. The van der Waals surface area contributed by atoms with Crippen molar-refractivity contribution in [2.75, 3.05) is 17.3 Å². The number of nitrogens with two attached hydrogens (primary N) is 1. The van der Waals surface area contributed by atoms with Crippen molar-refractivity contribution in [2.24, 2.45) is 7.05 Å². The molecule has 0 saturated heterocycles. The van der Waals surface area contributed by atoms with Gasteiger partial charge in [0.2, 0.25) is 0 Å². The number of aryl methyl sites for hydroxylation is 1. The second-order valence-electron chi connectivity index (χ2n) is 4.95. The van der Waals surface area contributed by atoms with E-state index in [2.05, 4.69) is 40.8 Å². The maximum absolute atomic E-state index is 6.07. The fraction of sp³-hybridized carbons (Fsp3) is 0.188. The van der Waals surface area contributed by atoms with Crippen molar-refractivity contribution in [1.29, 1.82) is 0 Å². The largest absolute Gasteiger partial charge is 0.396 e. The number of hydrogen-bond acceptors (Lipinski definition) is 4. The van der Waals surface area contributed by atoms with Crippen molar-refractivity contribution < 1.29 is 0 Å². The molecule has 0 radical (unpaired) electrons. The highest BCUT2D eigenvalue weighted by atomic mass is 32.2. The minimum Gasteiger partial charge on any atom is -0.396 e. The molecular weight excluding hydrogens is 280 g/mol. The molecule has 4 nitrogen and oxygen atoms in total. The fourth-order valence-corrected chi connectivity index (χ4v) is 2.77. The minimum absolute atomic E-state index is 0.675. The smallest absolute Gasteiger partial charge is 0.141 e. The number of nitrogens with zero attached hydrogens (tertiary/aromatic N) is 2. The van der Waals surface area contributed by atoms with Crippen molar-refractivity contribution in [3.8, 4) is 0 Å². The monoisotopic (exact) mass is 298 g/mol. The molecule has 0 unspecified atom stereocenters. The van der Waals surface area contributed by atoms with Crippen molar-refractivity contribution in [3.05, 3.63) is 48.3 Å². The maximum atomic E-state index is 6.07. The second-order valence-corrected chi connectivity index (χ2v) is 5.83. The summed E-state index contributed by atoms with van der Waals surface area (Å²) in [6, 6.07) is 10.6. The van der Waals surface area contributed by atoms with Crippen LogP contribution in [0.5, 0.6) is 0 Å². The highest BCUT2D eigenvalue weighted by molar-refractivity contribution is 7.98. The lowest BCUT2D eigenvalue weighted by Crippen LogP contribution is -2.04. The average Bonchev–Trinajstić information content (AvgIpc) is 2.88. The van der Waals surface area contributed by atoms with Gasteiger partial charge in [-0.1, -0.05) is 12.1 Å². The van der Waals surface area contributed by atoms with Gasteiger partial charge in [0.1, 0.15) is 5.65 Å². The second kappa shape index (κ2) is 5.69. The van der Waals surface area contributed by atoms with Gasteiger partial charge >= 0.3 is 0 Å². The predicted octanol–water partition coefficient (Wildman–Crippen LogP) is 3.49. The number of nitrogens with one attached hydrogen (secondary N) is 1. The van der Waals surface area contributed by atoms with Gasteiger partial charge in [0, 0.05) is 30.1 Å². The third-order valence-corrected chi connectivity index (χ3v) is 4.30. The molecule has 0 atom stereocenters. The number of thioether (sulfide) groups is 1. The zero-order chi connectivity index (χ0) is 14.8. The summed E-state index contributed by atoms with van der Waals surface area (Å²) in [5.74, 6) is 0. The lowest BCUT2D eigenvalue weighted by molar-refractivity contribution is 0.948. The van der Waals surface area contributed by atoms with Crippen LogP contribution in [0.15, 0.2) is 47.6 Å². The van der Waals surface area contributed by atoms with Gasteiger partial charge in [-0.05, 0) is 30.0 Å². The lowest BCUT2D eigenvalue weighted by Gasteiger charge is -2.11. The number of fused-ring (bicyclic) bond motifs is 1. The van der Waals surface area contributed by atoms with Gasteiger partial charge in [0.05, 0.1) is 17.6 Å². The SMILES string of the molecule is CSc1ccc(CNc2c(N)cnc3c2ccn3C)cc1. The van der Waals surface area contributed by atoms with E-state index >= 15 is 0 Å². The highest BCUT2D eigenvalue weighted by Gasteiger charge is 2.08. The van der Waals surface area contributed by atoms with Gasteiger partial charge < -0.3 is 15.6 Å². The van der Waals surface area contributed by atoms with Gasteiger partial charge in [-0.15, -0.1) is 11.8 Å². The molecule has 2 heterocycles. The molecule has 0 aliphatic rings. The fourth-order valence-electron chi connectivity index (χ4n) is 2.36. The third kappa shape index (κ3) is 2.69. The van der Waals surface area contributed by atoms with E-state index in [1.165, 1.54) is 10.5 Å². The van der Waals surface area contributed by atoms with Crippen LogP contribution in [-0.2, 0) is 13.6 Å². The predicted molar refractivity (Wildman–Crippen MR) is 90.7 cm³/mol. The van der Waals surface area contributed by atoms with E-state index in [4.69, 9.17) is 5.73 Å². The molecule has 0 saturated carbocycles. The van der Waals surface area contributed by atoms with E-state index < -0.39 is 0 Å². The van der Waals surface area contributed by atoms with Crippen LogP contribution >= 0.6 is 11.8 Å². The van der Waals surface area contributed by atoms with Crippen molar-refractivity contribution in [3.63, 3.8) is 0 Å². The Hall–Kier alpha value is -2.14. The first-order chi connectivity index (χ1) is 10.2. The molecule has 0 bridgehead atoms. The first-order valence-corrected chi connectivity index (χ1v) is 7.98. The minimum atomic E-state index is 0.675. The zero-order valence-corrected chi connectivity index (χ0v) is 12.9. The van der Waals surface area contributed by atoms with Gasteiger partial charge in [-0.3, -0.25) is 0 Å². The Labute approximate surface area is 128 Å². The highest BCUT2D eigenvalue weighted by Crippen LogP contribution is 2.28. The molecule has 5 heteroatoms. The molecule has 2 aromatic heterocycles. The van der Waals surface area contributed by atoms with Gasteiger partial charge in [-0.2, -0.15) is 0 Å². The van der Waals surface area contributed by atoms with E-state index in [1.807, 2.05) is 23.9 Å². The number of anilines is 2. The topological polar surface area (TPSA) is 55.9 Å². The zero-order valence-electron chi connectivity index (χ0n) is 12.1. The average molecular weight is 298 g/mol. The molecule has 0 fully saturated rings. The third-order valence-electron chi connectivity index (χ3n) is 3.55. The standard InChI is InChI=1S/C16H18N4S/c1-20-8-7-13-15(14(17)10-19-16(13)20)18-9-11-3-5-12(21-2)6-4-11/h3-8,10H,9,17H2,1-2H3,(H,18,19). The quantitative estimate of drug-likeness (QED) is 0.724. The van der Waals surface area contributed by atoms with Crippen LogP contribution in [0.2, 0.25) is 0 Å². The number of pyridine rings is 1. The molecular formula is C16H18N4S. The van der Waals surface area contributed by atoms with E-state index in [0.717, 1.165) is 23.3 Å². The molecule has 1 aromatic carbocycles. The summed E-state index contributed by atoms with van der Waals surface area (Å²) >= 11 is 1.75. The molecule has 0 amide bonds. The van der Waals surface area contributed by atoms with E-state index in [0.29, 0.717) is 5.69 Å². The van der Waals surface area contributed by atoms with Gasteiger partial charge in [0.15, 0.2) is 0 Å². The van der Waals surface area contributed by atoms with Gasteiger partial charge in [0.25, 0.3) is 0 Å². The molecule has 21 heavy (non-hydrogen) atoms. The van der Waals surface area contributed by atoms with Crippen LogP contribution in [0, 0.1) is 0 Å². The summed E-state index contributed by atoms with van der Waals surface area (Å²) in [6.45, 7) is 0.743. The Balaban J connectivity index is 1.85. The van der Waals surface area contributed by atoms with E-state index in [1.54, 1.807) is 18.0 Å². The Kier molecular flexibility index (Phi) is 3.75. The van der Waals surface area contributed by atoms with Crippen LogP contribution in [-0.4, -0.2) is 15.8 Å². The first kappa shape index (κ1) is 13.8. The molecule has 3 rings (SSSR count). The Morgan fingerprint density at radius 3 is 2.71 bits per heavy atom. The molecule has 0 aliphatic carbocycles. The summed E-state index contributed by atoms with van der Waals surface area (Å²) < 4.78 is 1.99. The Morgan fingerprint density at radius 1 is 1.24 bits per heavy atom. The number of rotatable bonds is 4. The van der Waals surface area contributed by atoms with Crippen LogP contribution in [0.25, 0.3) is 11.0 Å². The Bertz CT molecular complexity index is 762. The van der Waals surface area contributed by atoms with Crippen LogP contribution in [0.4, 0.5) is 11.4 Å². The van der Waals surface area contributed by atoms with Crippen molar-refractivity contribution in [1.82, 2.24) is 9.55 Å². The number of nitrogen functional groups attached to an aromatic ring is 1. The summed E-state index contributed by atoms with van der Waals surface area (Å²) in [5.41, 5.74) is 9.86. The molecule has 0 spiro atoms. The summed E-state index contributed by atoms with van der Waals surface area (Å²) in [6.07, 6.45) is 5.79. The summed E-state index contributed by atoms with van der Waals surface area (Å²) in [5, 5.41) is 4.49. The van der Waals surface area contributed by atoms with Crippen molar-refractivity contribution >= 4 is 34.2 Å². The first-order valence-electron chi connectivity index (χ1n) is 6.75. The van der Waals surface area contributed by atoms with Crippen molar-refractivity contribution in [2.45, 2.75) is 11.4 Å². The van der Waals surface area contributed by atoms with Crippen LogP contribution in [0.3, 0.4) is 0 Å². The number of benzene rings is 1. The van der Waals surface area contributed by atoms with Crippen LogP contribution in [0.1, 0.15) is 5.56 Å². The van der Waals surface area contributed by atoms with E-state index in [-0.39, 0.29) is 0 Å². The van der Waals surface area contributed by atoms with Gasteiger partial charge in [-0.25, -0.2) is 4.98 Å². The molecule has 3 N–H and O–H groups in total. The Morgan fingerprint density at radius 2 is 2.00 bits per heavy atom. The molecule has 108 valence electrons. The molecule has 3 aromatic rings. The summed E-state index contributed by atoms with van der Waals surface area (Å²) in [4.78, 5) is 5.64. The number of hydrogen-bond donors (Lipinski definition) is 2. The summed E-state index contributed by atoms with van der Waals surface area (Å²) in [7, 11) is 1.98.